The molecule has 1 fully saturated rings. The first-order valence-corrected chi connectivity index (χ1v) is 7.42. The minimum absolute atomic E-state index is 0.330. The highest BCUT2D eigenvalue weighted by molar-refractivity contribution is 6.39. The minimum Gasteiger partial charge on any atom is -0.318 e. The molecule has 2 aromatic carbocycles. The summed E-state index contributed by atoms with van der Waals surface area (Å²) in [4.78, 5) is 46.0. The van der Waals surface area contributed by atoms with Gasteiger partial charge in [0.05, 0.1) is 0 Å². The first kappa shape index (κ1) is 16.2. The number of hydrazine groups is 1. The average Bonchev–Trinajstić information content (AvgIpc) is 2.93. The smallest absolute Gasteiger partial charge is 0.318 e. The number of imide groups is 1. The van der Waals surface area contributed by atoms with Crippen LogP contribution in [0.25, 0.3) is 11.1 Å². The predicted octanol–water partition coefficient (Wildman–Crippen LogP) is 0.875. The molecule has 5 amide bonds. The number of anilines is 1. The van der Waals surface area contributed by atoms with Crippen LogP contribution in [0.2, 0.25) is 0 Å². The normalized spacial score (nSPS) is 13.4. The summed E-state index contributed by atoms with van der Waals surface area (Å²) in [5, 5.41) is 5.15. The van der Waals surface area contributed by atoms with E-state index in [1.54, 1.807) is 12.1 Å². The highest BCUT2D eigenvalue weighted by Gasteiger charge is 2.29. The van der Waals surface area contributed by atoms with E-state index in [4.69, 9.17) is 0 Å². The Morgan fingerprint density at radius 2 is 1.52 bits per heavy atom. The van der Waals surface area contributed by atoms with Crippen molar-refractivity contribution in [3.05, 3.63) is 54.6 Å². The van der Waals surface area contributed by atoms with E-state index in [-0.39, 0.29) is 6.54 Å². The van der Waals surface area contributed by atoms with Crippen LogP contribution in [0.3, 0.4) is 0 Å². The fourth-order valence-corrected chi connectivity index (χ4v) is 2.27. The molecule has 0 aromatic heterocycles. The molecule has 3 rings (SSSR count). The quantitative estimate of drug-likeness (QED) is 0.570. The number of nitrogens with zero attached hydrogens (tertiary/aromatic N) is 1. The summed E-state index contributed by atoms with van der Waals surface area (Å²) in [6.07, 6.45) is 0. The van der Waals surface area contributed by atoms with Crippen LogP contribution in [0.15, 0.2) is 54.6 Å². The standard InChI is InChI=1S/C17H14N4O4/c22-14-10-21(17(25)19-14)20-16(24)15(23)18-13-8-6-12(7-9-13)11-4-2-1-3-5-11/h1-9H,10H2,(H,18,23)(H,20,24)(H,19,22,25). The third-order valence-corrected chi connectivity index (χ3v) is 3.49. The highest BCUT2D eigenvalue weighted by Crippen LogP contribution is 2.20. The van der Waals surface area contributed by atoms with Gasteiger partial charge < -0.3 is 5.32 Å². The van der Waals surface area contributed by atoms with Crippen LogP contribution < -0.4 is 16.1 Å². The molecule has 1 saturated heterocycles. The lowest BCUT2D eigenvalue weighted by Gasteiger charge is -2.14. The van der Waals surface area contributed by atoms with Gasteiger partial charge in [0.25, 0.3) is 0 Å². The van der Waals surface area contributed by atoms with Crippen molar-refractivity contribution in [1.29, 1.82) is 0 Å². The summed E-state index contributed by atoms with van der Waals surface area (Å²) in [6.45, 7) is -0.330. The molecule has 0 radical (unpaired) electrons. The maximum absolute atomic E-state index is 11.9. The third-order valence-electron chi connectivity index (χ3n) is 3.49. The molecule has 8 nitrogen and oxygen atoms in total. The van der Waals surface area contributed by atoms with Crippen molar-refractivity contribution in [1.82, 2.24) is 15.8 Å². The van der Waals surface area contributed by atoms with Crippen LogP contribution >= 0.6 is 0 Å². The SMILES string of the molecule is O=C1CN(NC(=O)C(=O)Nc2ccc(-c3ccccc3)cc2)C(=O)N1. The molecule has 0 spiro atoms. The Morgan fingerprint density at radius 1 is 0.880 bits per heavy atom. The van der Waals surface area contributed by atoms with Crippen LogP contribution in [0, 0.1) is 0 Å². The van der Waals surface area contributed by atoms with Crippen LogP contribution in [0.4, 0.5) is 10.5 Å². The molecule has 1 aliphatic rings. The topological polar surface area (TPSA) is 108 Å². The number of rotatable bonds is 3. The largest absolute Gasteiger partial charge is 0.343 e. The van der Waals surface area contributed by atoms with Gasteiger partial charge in [-0.1, -0.05) is 42.5 Å². The fraction of sp³-hybridized carbons (Fsp3) is 0.0588. The van der Waals surface area contributed by atoms with Crippen molar-refractivity contribution in [3.8, 4) is 11.1 Å². The summed E-state index contributed by atoms with van der Waals surface area (Å²) in [5.74, 6) is -2.54. The first-order chi connectivity index (χ1) is 12.0. The van der Waals surface area contributed by atoms with Gasteiger partial charge in [0.1, 0.15) is 6.54 Å². The van der Waals surface area contributed by atoms with Crippen molar-refractivity contribution in [2.24, 2.45) is 0 Å². The summed E-state index contributed by atoms with van der Waals surface area (Å²) in [7, 11) is 0. The predicted molar refractivity (Wildman–Crippen MR) is 88.9 cm³/mol. The summed E-state index contributed by atoms with van der Waals surface area (Å²) in [5.41, 5.74) is 4.50. The number of hydrogen-bond acceptors (Lipinski definition) is 4. The maximum Gasteiger partial charge on any atom is 0.343 e. The molecule has 2 aromatic rings. The van der Waals surface area contributed by atoms with Crippen molar-refractivity contribution in [3.63, 3.8) is 0 Å². The zero-order valence-corrected chi connectivity index (χ0v) is 13.0. The van der Waals surface area contributed by atoms with Crippen molar-refractivity contribution < 1.29 is 19.2 Å². The lowest BCUT2D eigenvalue weighted by molar-refractivity contribution is -0.138. The molecular formula is C17H14N4O4. The van der Waals surface area contributed by atoms with Gasteiger partial charge in [0, 0.05) is 5.69 Å². The fourth-order valence-electron chi connectivity index (χ4n) is 2.27. The van der Waals surface area contributed by atoms with Gasteiger partial charge in [-0.3, -0.25) is 25.1 Å². The van der Waals surface area contributed by atoms with Crippen LogP contribution in [-0.4, -0.2) is 35.3 Å². The molecule has 0 unspecified atom stereocenters. The van der Waals surface area contributed by atoms with Crippen molar-refractivity contribution in [2.45, 2.75) is 0 Å². The van der Waals surface area contributed by atoms with E-state index in [0.717, 1.165) is 16.1 Å². The van der Waals surface area contributed by atoms with Crippen LogP contribution in [-0.2, 0) is 14.4 Å². The molecule has 0 bridgehead atoms. The molecule has 1 heterocycles. The number of amides is 5. The van der Waals surface area contributed by atoms with Gasteiger partial charge in [0.2, 0.25) is 5.91 Å². The molecular weight excluding hydrogens is 324 g/mol. The van der Waals surface area contributed by atoms with Crippen molar-refractivity contribution in [2.75, 3.05) is 11.9 Å². The van der Waals surface area contributed by atoms with Gasteiger partial charge in [-0.15, -0.1) is 0 Å². The zero-order valence-electron chi connectivity index (χ0n) is 13.0. The van der Waals surface area contributed by atoms with E-state index in [0.29, 0.717) is 5.69 Å². The third kappa shape index (κ3) is 3.81. The molecule has 3 N–H and O–H groups in total. The minimum atomic E-state index is -1.04. The van der Waals surface area contributed by atoms with E-state index < -0.39 is 23.8 Å². The van der Waals surface area contributed by atoms with E-state index >= 15 is 0 Å². The summed E-state index contributed by atoms with van der Waals surface area (Å²) < 4.78 is 0. The Morgan fingerprint density at radius 3 is 2.12 bits per heavy atom. The van der Waals surface area contributed by atoms with E-state index in [9.17, 15) is 19.2 Å². The Labute approximate surface area is 142 Å². The molecule has 0 saturated carbocycles. The van der Waals surface area contributed by atoms with Crippen molar-refractivity contribution >= 4 is 29.4 Å². The van der Waals surface area contributed by atoms with E-state index in [1.807, 2.05) is 47.8 Å². The molecule has 1 aliphatic heterocycles. The van der Waals surface area contributed by atoms with Gasteiger partial charge >= 0.3 is 17.8 Å². The molecule has 0 atom stereocenters. The Kier molecular flexibility index (Phi) is 4.42. The Hall–Kier alpha value is -3.68. The van der Waals surface area contributed by atoms with Gasteiger partial charge in [-0.05, 0) is 23.3 Å². The molecule has 8 heteroatoms. The maximum atomic E-state index is 11.9. The summed E-state index contributed by atoms with van der Waals surface area (Å²) in [6, 6.07) is 15.9. The lowest BCUT2D eigenvalue weighted by Crippen LogP contribution is -2.48. The second kappa shape index (κ2) is 6.83. The number of urea groups is 1. The second-order valence-electron chi connectivity index (χ2n) is 5.28. The lowest BCUT2D eigenvalue weighted by atomic mass is 10.1. The van der Waals surface area contributed by atoms with E-state index in [2.05, 4.69) is 10.7 Å². The molecule has 25 heavy (non-hydrogen) atoms. The number of hydrogen-bond donors (Lipinski definition) is 3. The van der Waals surface area contributed by atoms with Crippen LogP contribution in [0.1, 0.15) is 0 Å². The average molecular weight is 338 g/mol. The second-order valence-corrected chi connectivity index (χ2v) is 5.28. The van der Waals surface area contributed by atoms with E-state index in [1.165, 1.54) is 0 Å². The zero-order chi connectivity index (χ0) is 17.8. The van der Waals surface area contributed by atoms with Gasteiger partial charge in [0.15, 0.2) is 0 Å². The van der Waals surface area contributed by atoms with Gasteiger partial charge in [-0.2, -0.15) is 0 Å². The molecule has 126 valence electrons. The monoisotopic (exact) mass is 338 g/mol. The Bertz CT molecular complexity index is 833. The number of benzene rings is 2. The number of carbonyl (C=O) groups is 4. The Balaban J connectivity index is 1.60. The van der Waals surface area contributed by atoms with Gasteiger partial charge in [-0.25, -0.2) is 9.80 Å². The summed E-state index contributed by atoms with van der Waals surface area (Å²) >= 11 is 0. The number of carbonyl (C=O) groups excluding carboxylic acids is 4. The molecule has 0 aliphatic carbocycles. The van der Waals surface area contributed by atoms with Crippen LogP contribution in [0.5, 0.6) is 0 Å². The first-order valence-electron chi connectivity index (χ1n) is 7.42. The highest BCUT2D eigenvalue weighted by atomic mass is 16.2. The number of nitrogens with one attached hydrogen (secondary N) is 3.